The third kappa shape index (κ3) is 4.02. The molecule has 0 saturated heterocycles. The van der Waals surface area contributed by atoms with Crippen molar-refractivity contribution in [3.05, 3.63) is 87.9 Å². The van der Waals surface area contributed by atoms with E-state index in [0.717, 1.165) is 0 Å². The Bertz CT molecular complexity index is 1210. The Morgan fingerprint density at radius 1 is 1.03 bits per heavy atom. The van der Waals surface area contributed by atoms with Gasteiger partial charge in [-0.3, -0.25) is 9.59 Å². The fourth-order valence-electron chi connectivity index (χ4n) is 2.87. The zero-order valence-corrected chi connectivity index (χ0v) is 15.9. The zero-order chi connectivity index (χ0) is 20.2. The summed E-state index contributed by atoms with van der Waals surface area (Å²) in [5.41, 5.74) is 0.533. The molecule has 0 saturated carbocycles. The van der Waals surface area contributed by atoms with E-state index in [2.05, 4.69) is 5.32 Å². The molecule has 0 radical (unpaired) electrons. The first-order valence-corrected chi connectivity index (χ1v) is 9.24. The van der Waals surface area contributed by atoms with Gasteiger partial charge in [0.1, 0.15) is 11.3 Å². The number of carbonyl (C=O) groups is 1. The first kappa shape index (κ1) is 18.8. The van der Waals surface area contributed by atoms with Crippen LogP contribution in [0.15, 0.2) is 80.6 Å². The van der Waals surface area contributed by atoms with Crippen molar-refractivity contribution in [3.8, 4) is 17.1 Å². The average molecular weight is 410 g/mol. The Kier molecular flexibility index (Phi) is 5.35. The molecule has 0 aliphatic rings. The number of hydrogen-bond acceptors (Lipinski definition) is 5. The highest BCUT2D eigenvalue weighted by molar-refractivity contribution is 6.33. The Morgan fingerprint density at radius 2 is 1.83 bits per heavy atom. The van der Waals surface area contributed by atoms with Gasteiger partial charge in [0.05, 0.1) is 23.2 Å². The number of nitrogens with one attached hydrogen (secondary N) is 1. The van der Waals surface area contributed by atoms with E-state index < -0.39 is 5.91 Å². The van der Waals surface area contributed by atoms with Crippen molar-refractivity contribution in [3.63, 3.8) is 0 Å². The number of benzene rings is 2. The van der Waals surface area contributed by atoms with Crippen molar-refractivity contribution < 1.29 is 18.4 Å². The molecular weight excluding hydrogens is 394 g/mol. The molecule has 2 heterocycles. The Balaban J connectivity index is 1.66. The molecule has 146 valence electrons. The summed E-state index contributed by atoms with van der Waals surface area (Å²) in [6.45, 7) is -0.139. The number of para-hydroxylation sites is 1. The monoisotopic (exact) mass is 409 g/mol. The average Bonchev–Trinajstić information content (AvgIpc) is 3.26. The van der Waals surface area contributed by atoms with Gasteiger partial charge in [-0.05, 0) is 36.4 Å². The van der Waals surface area contributed by atoms with Crippen LogP contribution in [0.3, 0.4) is 0 Å². The van der Waals surface area contributed by atoms with Crippen molar-refractivity contribution in [2.24, 2.45) is 0 Å². The summed E-state index contributed by atoms with van der Waals surface area (Å²) in [7, 11) is 0. The summed E-state index contributed by atoms with van der Waals surface area (Å²) < 4.78 is 16.7. The molecule has 4 rings (SSSR count). The lowest BCUT2D eigenvalue weighted by atomic mass is 10.1. The number of hydrogen-bond donors (Lipinski definition) is 1. The SMILES string of the molecule is O=C(COc1c(-c2ccccc2Cl)oc2ccccc2c1=O)NCc1ccco1. The van der Waals surface area contributed by atoms with Gasteiger partial charge in [-0.1, -0.05) is 35.9 Å². The lowest BCUT2D eigenvalue weighted by Crippen LogP contribution is -2.29. The molecule has 6 nitrogen and oxygen atoms in total. The minimum Gasteiger partial charge on any atom is -0.476 e. The number of halogens is 1. The first-order valence-electron chi connectivity index (χ1n) is 8.86. The third-order valence-electron chi connectivity index (χ3n) is 4.26. The maximum Gasteiger partial charge on any atom is 0.258 e. The van der Waals surface area contributed by atoms with E-state index in [9.17, 15) is 9.59 Å². The normalized spacial score (nSPS) is 10.8. The van der Waals surface area contributed by atoms with Gasteiger partial charge < -0.3 is 18.9 Å². The second kappa shape index (κ2) is 8.24. The predicted octanol–water partition coefficient (Wildman–Crippen LogP) is 4.40. The number of fused-ring (bicyclic) bond motifs is 1. The number of ether oxygens (including phenoxy) is 1. The van der Waals surface area contributed by atoms with Crippen LogP contribution >= 0.6 is 11.6 Å². The lowest BCUT2D eigenvalue weighted by Gasteiger charge is -2.12. The zero-order valence-electron chi connectivity index (χ0n) is 15.2. The standard InChI is InChI=1S/C22H16ClNO5/c23-17-9-3-1-7-15(17)21-22(20(26)16-8-2-4-10-18(16)29-21)28-13-19(25)24-12-14-6-5-11-27-14/h1-11H,12-13H2,(H,24,25). The molecule has 2 aromatic carbocycles. The van der Waals surface area contributed by atoms with E-state index in [1.165, 1.54) is 6.26 Å². The summed E-state index contributed by atoms with van der Waals surface area (Å²) in [5, 5.41) is 3.42. The van der Waals surface area contributed by atoms with E-state index in [4.69, 9.17) is 25.2 Å². The highest BCUT2D eigenvalue weighted by Crippen LogP contribution is 2.35. The molecular formula is C22H16ClNO5. The van der Waals surface area contributed by atoms with Crippen LogP contribution < -0.4 is 15.5 Å². The van der Waals surface area contributed by atoms with Crippen LogP contribution in [0, 0.1) is 0 Å². The first-order chi connectivity index (χ1) is 14.1. The molecule has 2 aromatic heterocycles. The van der Waals surface area contributed by atoms with Crippen molar-refractivity contribution in [1.29, 1.82) is 0 Å². The van der Waals surface area contributed by atoms with Gasteiger partial charge in [0.15, 0.2) is 12.4 Å². The van der Waals surface area contributed by atoms with Crippen LogP contribution in [-0.2, 0) is 11.3 Å². The second-order valence-corrected chi connectivity index (χ2v) is 6.62. The molecule has 0 atom stereocenters. The second-order valence-electron chi connectivity index (χ2n) is 6.21. The van der Waals surface area contributed by atoms with E-state index >= 15 is 0 Å². The summed E-state index contributed by atoms with van der Waals surface area (Å²) in [4.78, 5) is 25.2. The molecule has 1 amide bonds. The predicted molar refractivity (Wildman–Crippen MR) is 109 cm³/mol. The summed E-state index contributed by atoms with van der Waals surface area (Å²) in [6, 6.07) is 17.3. The molecule has 0 bridgehead atoms. The van der Waals surface area contributed by atoms with E-state index in [1.54, 1.807) is 60.7 Å². The van der Waals surface area contributed by atoms with Crippen LogP contribution in [0.25, 0.3) is 22.3 Å². The molecule has 0 aliphatic heterocycles. The Morgan fingerprint density at radius 3 is 2.62 bits per heavy atom. The van der Waals surface area contributed by atoms with Crippen LogP contribution in [0.2, 0.25) is 5.02 Å². The summed E-state index contributed by atoms with van der Waals surface area (Å²) in [5.74, 6) is 0.322. The van der Waals surface area contributed by atoms with Gasteiger partial charge in [0, 0.05) is 5.56 Å². The maximum absolute atomic E-state index is 13.0. The van der Waals surface area contributed by atoms with Crippen molar-refractivity contribution >= 4 is 28.5 Å². The van der Waals surface area contributed by atoms with Gasteiger partial charge in [0.2, 0.25) is 11.2 Å². The smallest absolute Gasteiger partial charge is 0.258 e. The van der Waals surface area contributed by atoms with Gasteiger partial charge >= 0.3 is 0 Å². The summed E-state index contributed by atoms with van der Waals surface area (Å²) in [6.07, 6.45) is 1.52. The highest BCUT2D eigenvalue weighted by Gasteiger charge is 2.20. The van der Waals surface area contributed by atoms with Crippen molar-refractivity contribution in [2.75, 3.05) is 6.61 Å². The molecule has 4 aromatic rings. The maximum atomic E-state index is 13.0. The summed E-state index contributed by atoms with van der Waals surface area (Å²) >= 11 is 6.30. The van der Waals surface area contributed by atoms with E-state index in [1.807, 2.05) is 0 Å². The van der Waals surface area contributed by atoms with Gasteiger partial charge in [-0.25, -0.2) is 0 Å². The Labute approximate surface area is 170 Å². The molecule has 0 fully saturated rings. The lowest BCUT2D eigenvalue weighted by molar-refractivity contribution is -0.123. The fourth-order valence-corrected chi connectivity index (χ4v) is 3.09. The number of carbonyl (C=O) groups excluding carboxylic acids is 1. The molecule has 0 unspecified atom stereocenters. The van der Waals surface area contributed by atoms with Crippen LogP contribution in [0.4, 0.5) is 0 Å². The van der Waals surface area contributed by atoms with Gasteiger partial charge in [-0.15, -0.1) is 0 Å². The third-order valence-corrected chi connectivity index (χ3v) is 4.59. The topological polar surface area (TPSA) is 81.7 Å². The minimum atomic E-state index is -0.404. The number of rotatable bonds is 6. The quantitative estimate of drug-likeness (QED) is 0.510. The van der Waals surface area contributed by atoms with Crippen molar-refractivity contribution in [2.45, 2.75) is 6.54 Å². The molecule has 7 heteroatoms. The van der Waals surface area contributed by atoms with E-state index in [0.29, 0.717) is 27.3 Å². The number of furan rings is 1. The van der Waals surface area contributed by atoms with Crippen LogP contribution in [-0.4, -0.2) is 12.5 Å². The highest BCUT2D eigenvalue weighted by atomic mass is 35.5. The molecule has 29 heavy (non-hydrogen) atoms. The van der Waals surface area contributed by atoms with Crippen LogP contribution in [0.5, 0.6) is 5.75 Å². The molecule has 1 N–H and O–H groups in total. The minimum absolute atomic E-state index is 0.0649. The van der Waals surface area contributed by atoms with Gasteiger partial charge in [-0.2, -0.15) is 0 Å². The Hall–Kier alpha value is -3.51. The molecule has 0 aliphatic carbocycles. The number of amides is 1. The molecule has 0 spiro atoms. The van der Waals surface area contributed by atoms with Crippen LogP contribution in [0.1, 0.15) is 5.76 Å². The fraction of sp³-hybridized carbons (Fsp3) is 0.0909. The van der Waals surface area contributed by atoms with Crippen molar-refractivity contribution in [1.82, 2.24) is 5.32 Å². The largest absolute Gasteiger partial charge is 0.476 e. The van der Waals surface area contributed by atoms with E-state index in [-0.39, 0.29) is 30.1 Å². The van der Waals surface area contributed by atoms with Gasteiger partial charge in [0.25, 0.3) is 5.91 Å².